The van der Waals surface area contributed by atoms with Crippen molar-refractivity contribution in [2.24, 2.45) is 5.92 Å². The summed E-state index contributed by atoms with van der Waals surface area (Å²) in [6, 6.07) is 5.79. The maximum Gasteiger partial charge on any atom is 0.138 e. The Labute approximate surface area is 105 Å². The second-order valence-corrected chi connectivity index (χ2v) is 5.02. The molecule has 96 valence electrons. The number of phenols is 1. The van der Waals surface area contributed by atoms with Gasteiger partial charge in [0.15, 0.2) is 0 Å². The van der Waals surface area contributed by atoms with Crippen molar-refractivity contribution in [3.63, 3.8) is 0 Å². The lowest BCUT2D eigenvalue weighted by atomic mass is 10.0. The van der Waals surface area contributed by atoms with E-state index in [1.54, 1.807) is 6.07 Å². The first-order chi connectivity index (χ1) is 8.15. The Kier molecular flexibility index (Phi) is 5.88. The van der Waals surface area contributed by atoms with E-state index in [-0.39, 0.29) is 0 Å². The molecule has 17 heavy (non-hydrogen) atoms. The van der Waals surface area contributed by atoms with Gasteiger partial charge in [-0.25, -0.2) is 0 Å². The van der Waals surface area contributed by atoms with Crippen LogP contribution in [0, 0.1) is 5.92 Å². The van der Waals surface area contributed by atoms with Crippen LogP contribution in [0.15, 0.2) is 18.2 Å². The third-order valence-corrected chi connectivity index (χ3v) is 2.95. The quantitative estimate of drug-likeness (QED) is 0.694. The van der Waals surface area contributed by atoms with E-state index in [4.69, 9.17) is 0 Å². The number of para-hydroxylation sites is 1. The molecule has 0 fully saturated rings. The molecular weight excluding hydrogens is 210 g/mol. The summed E-state index contributed by atoms with van der Waals surface area (Å²) in [5.74, 6) is 1.06. The van der Waals surface area contributed by atoms with Crippen molar-refractivity contribution in [1.29, 1.82) is 0 Å². The van der Waals surface area contributed by atoms with Crippen LogP contribution in [0.25, 0.3) is 0 Å². The van der Waals surface area contributed by atoms with Crippen LogP contribution >= 0.6 is 0 Å². The molecule has 0 saturated heterocycles. The molecule has 0 aliphatic rings. The number of unbranched alkanes of at least 4 members (excludes halogenated alkanes) is 1. The normalized spacial score (nSPS) is 10.8. The number of rotatable bonds is 7. The van der Waals surface area contributed by atoms with E-state index in [0.29, 0.717) is 11.7 Å². The van der Waals surface area contributed by atoms with E-state index in [1.807, 2.05) is 6.07 Å². The van der Waals surface area contributed by atoms with Gasteiger partial charge in [0.25, 0.3) is 0 Å². The number of hydrogen-bond acceptors (Lipinski definition) is 2. The minimum atomic E-state index is 0.377. The van der Waals surface area contributed by atoms with Crippen molar-refractivity contribution in [1.82, 2.24) is 0 Å². The van der Waals surface area contributed by atoms with Crippen LogP contribution in [-0.2, 0) is 6.42 Å². The number of aromatic hydroxyl groups is 1. The third kappa shape index (κ3) is 4.68. The molecule has 2 heteroatoms. The molecule has 0 amide bonds. The SMILES string of the molecule is CCCCc1cccc(O)c1NCCC(C)C. The fourth-order valence-electron chi connectivity index (χ4n) is 1.85. The lowest BCUT2D eigenvalue weighted by Crippen LogP contribution is -2.07. The van der Waals surface area contributed by atoms with Gasteiger partial charge in [0.2, 0.25) is 0 Å². The average Bonchev–Trinajstić information content (AvgIpc) is 2.29. The molecule has 0 unspecified atom stereocenters. The van der Waals surface area contributed by atoms with Gasteiger partial charge < -0.3 is 10.4 Å². The molecule has 0 aliphatic heterocycles. The molecule has 0 aromatic heterocycles. The van der Waals surface area contributed by atoms with Crippen LogP contribution in [0.4, 0.5) is 5.69 Å². The van der Waals surface area contributed by atoms with Crippen LogP contribution in [-0.4, -0.2) is 11.7 Å². The van der Waals surface area contributed by atoms with Crippen molar-refractivity contribution in [2.75, 3.05) is 11.9 Å². The molecular formula is C15H25NO. The lowest BCUT2D eigenvalue weighted by Gasteiger charge is -2.14. The van der Waals surface area contributed by atoms with Gasteiger partial charge in [-0.05, 0) is 36.8 Å². The minimum Gasteiger partial charge on any atom is -0.506 e. The fourth-order valence-corrected chi connectivity index (χ4v) is 1.85. The first kappa shape index (κ1) is 13.9. The van der Waals surface area contributed by atoms with Crippen molar-refractivity contribution >= 4 is 5.69 Å². The van der Waals surface area contributed by atoms with E-state index in [1.165, 1.54) is 18.4 Å². The van der Waals surface area contributed by atoms with E-state index in [0.717, 1.165) is 25.1 Å². The van der Waals surface area contributed by atoms with E-state index < -0.39 is 0 Å². The molecule has 0 atom stereocenters. The standard InChI is InChI=1S/C15H25NO/c1-4-5-7-13-8-6-9-14(17)15(13)16-11-10-12(2)3/h6,8-9,12,16-17H,4-5,7,10-11H2,1-3H3. The summed E-state index contributed by atoms with van der Waals surface area (Å²) in [4.78, 5) is 0. The van der Waals surface area contributed by atoms with Crippen LogP contribution in [0.2, 0.25) is 0 Å². The summed E-state index contributed by atoms with van der Waals surface area (Å²) < 4.78 is 0. The highest BCUT2D eigenvalue weighted by Crippen LogP contribution is 2.28. The second kappa shape index (κ2) is 7.21. The second-order valence-electron chi connectivity index (χ2n) is 5.02. The van der Waals surface area contributed by atoms with Gasteiger partial charge in [-0.2, -0.15) is 0 Å². The summed E-state index contributed by atoms with van der Waals surface area (Å²) >= 11 is 0. The zero-order chi connectivity index (χ0) is 12.7. The Balaban J connectivity index is 2.66. The van der Waals surface area contributed by atoms with Gasteiger partial charge in [0.1, 0.15) is 5.75 Å². The van der Waals surface area contributed by atoms with Crippen LogP contribution in [0.3, 0.4) is 0 Å². The zero-order valence-corrected chi connectivity index (χ0v) is 11.3. The number of hydrogen-bond donors (Lipinski definition) is 2. The molecule has 1 aromatic carbocycles. The Morgan fingerprint density at radius 2 is 2.06 bits per heavy atom. The summed E-state index contributed by atoms with van der Waals surface area (Å²) in [5, 5.41) is 13.3. The fraction of sp³-hybridized carbons (Fsp3) is 0.600. The largest absolute Gasteiger partial charge is 0.506 e. The maximum atomic E-state index is 9.89. The Hall–Kier alpha value is -1.18. The molecule has 1 aromatic rings. The Morgan fingerprint density at radius 3 is 2.71 bits per heavy atom. The Bertz CT molecular complexity index is 334. The molecule has 2 N–H and O–H groups in total. The molecule has 0 aliphatic carbocycles. The topological polar surface area (TPSA) is 32.3 Å². The smallest absolute Gasteiger partial charge is 0.138 e. The van der Waals surface area contributed by atoms with Gasteiger partial charge >= 0.3 is 0 Å². The monoisotopic (exact) mass is 235 g/mol. The molecule has 1 rings (SSSR count). The van der Waals surface area contributed by atoms with Gasteiger partial charge in [-0.3, -0.25) is 0 Å². The molecule has 0 heterocycles. The summed E-state index contributed by atoms with van der Waals surface area (Å²) in [7, 11) is 0. The number of nitrogens with one attached hydrogen (secondary N) is 1. The van der Waals surface area contributed by atoms with Gasteiger partial charge in [-0.1, -0.05) is 39.3 Å². The molecule has 2 nitrogen and oxygen atoms in total. The third-order valence-electron chi connectivity index (χ3n) is 2.95. The predicted molar refractivity (Wildman–Crippen MR) is 74.7 cm³/mol. The summed E-state index contributed by atoms with van der Waals surface area (Å²) in [5.41, 5.74) is 2.16. The first-order valence-corrected chi connectivity index (χ1v) is 6.69. The van der Waals surface area contributed by atoms with Crippen LogP contribution in [0.1, 0.15) is 45.6 Å². The predicted octanol–water partition coefficient (Wildman–Crippen LogP) is 4.19. The first-order valence-electron chi connectivity index (χ1n) is 6.69. The number of aryl methyl sites for hydroxylation is 1. The highest BCUT2D eigenvalue weighted by atomic mass is 16.3. The number of anilines is 1. The Morgan fingerprint density at radius 1 is 1.29 bits per heavy atom. The maximum absolute atomic E-state index is 9.89. The van der Waals surface area contributed by atoms with Crippen LogP contribution < -0.4 is 5.32 Å². The van der Waals surface area contributed by atoms with E-state index in [9.17, 15) is 5.11 Å². The molecule has 0 spiro atoms. The summed E-state index contributed by atoms with van der Waals surface area (Å²) in [6.07, 6.45) is 4.51. The van der Waals surface area contributed by atoms with Crippen molar-refractivity contribution in [3.05, 3.63) is 23.8 Å². The number of phenolic OH excluding ortho intramolecular Hbond substituents is 1. The average molecular weight is 235 g/mol. The molecule has 0 saturated carbocycles. The molecule has 0 bridgehead atoms. The van der Waals surface area contributed by atoms with Gasteiger partial charge in [0.05, 0.1) is 5.69 Å². The van der Waals surface area contributed by atoms with Crippen molar-refractivity contribution < 1.29 is 5.11 Å². The minimum absolute atomic E-state index is 0.377. The van der Waals surface area contributed by atoms with Crippen molar-refractivity contribution in [2.45, 2.75) is 46.5 Å². The van der Waals surface area contributed by atoms with Gasteiger partial charge in [-0.15, -0.1) is 0 Å². The highest BCUT2D eigenvalue weighted by molar-refractivity contribution is 5.61. The molecule has 0 radical (unpaired) electrons. The van der Waals surface area contributed by atoms with E-state index in [2.05, 4.69) is 32.2 Å². The van der Waals surface area contributed by atoms with Gasteiger partial charge in [0, 0.05) is 6.54 Å². The highest BCUT2D eigenvalue weighted by Gasteiger charge is 2.06. The summed E-state index contributed by atoms with van der Waals surface area (Å²) in [6.45, 7) is 7.54. The lowest BCUT2D eigenvalue weighted by molar-refractivity contribution is 0.476. The van der Waals surface area contributed by atoms with Crippen molar-refractivity contribution in [3.8, 4) is 5.75 Å². The number of benzene rings is 1. The zero-order valence-electron chi connectivity index (χ0n) is 11.3. The van der Waals surface area contributed by atoms with E-state index >= 15 is 0 Å². The van der Waals surface area contributed by atoms with Crippen LogP contribution in [0.5, 0.6) is 5.75 Å².